The third kappa shape index (κ3) is 3.34. The smallest absolute Gasteiger partial charge is 0.262 e. The van der Waals surface area contributed by atoms with Gasteiger partial charge in [0.1, 0.15) is 22.8 Å². The van der Waals surface area contributed by atoms with Gasteiger partial charge in [-0.2, -0.15) is 0 Å². The number of aryl methyl sites for hydroxylation is 3. The van der Waals surface area contributed by atoms with E-state index in [-0.39, 0.29) is 11.5 Å². The molecule has 28 heavy (non-hydrogen) atoms. The lowest BCUT2D eigenvalue weighted by molar-refractivity contribution is 0.0957. The molecule has 1 aliphatic heterocycles. The predicted molar refractivity (Wildman–Crippen MR) is 108 cm³/mol. The number of fused-ring (bicyclic) bond motifs is 2. The number of thiophene rings is 1. The summed E-state index contributed by atoms with van der Waals surface area (Å²) in [6.07, 6.45) is 6.29. The lowest BCUT2D eigenvalue weighted by atomic mass is 10.2. The molecule has 9 heteroatoms. The second kappa shape index (κ2) is 7.83. The molecule has 1 amide bonds. The maximum atomic E-state index is 13.0. The van der Waals surface area contributed by atoms with Crippen LogP contribution in [0.3, 0.4) is 0 Å². The van der Waals surface area contributed by atoms with Crippen LogP contribution in [-0.4, -0.2) is 36.8 Å². The number of hydrogen-bond acceptors (Lipinski definition) is 6. The van der Waals surface area contributed by atoms with Crippen molar-refractivity contribution in [2.24, 2.45) is 0 Å². The summed E-state index contributed by atoms with van der Waals surface area (Å²) < 4.78 is 3.75. The summed E-state index contributed by atoms with van der Waals surface area (Å²) in [6.45, 7) is 5.85. The maximum absolute atomic E-state index is 13.0. The first-order valence-electron chi connectivity index (χ1n) is 9.77. The van der Waals surface area contributed by atoms with Crippen LogP contribution >= 0.6 is 11.3 Å². The van der Waals surface area contributed by atoms with Crippen LogP contribution < -0.4 is 10.9 Å². The number of carbonyl (C=O) groups is 1. The van der Waals surface area contributed by atoms with E-state index in [0.29, 0.717) is 34.6 Å². The van der Waals surface area contributed by atoms with Crippen LogP contribution in [0.4, 0.5) is 0 Å². The molecule has 0 aliphatic carbocycles. The van der Waals surface area contributed by atoms with Crippen LogP contribution in [0.25, 0.3) is 10.2 Å². The molecule has 3 aromatic heterocycles. The van der Waals surface area contributed by atoms with Crippen molar-refractivity contribution in [1.29, 1.82) is 0 Å². The summed E-state index contributed by atoms with van der Waals surface area (Å²) in [5.74, 6) is 1.53. The molecule has 4 rings (SSSR count). The minimum Gasteiger partial charge on any atom is -0.351 e. The topological polar surface area (TPSA) is 94.7 Å². The van der Waals surface area contributed by atoms with Crippen LogP contribution in [0.1, 0.15) is 53.1 Å². The summed E-state index contributed by atoms with van der Waals surface area (Å²) in [6, 6.07) is 0. The zero-order valence-electron chi connectivity index (χ0n) is 16.2. The fraction of sp³-hybridized carbons (Fsp3) is 0.526. The van der Waals surface area contributed by atoms with Crippen molar-refractivity contribution in [3.05, 3.63) is 38.8 Å². The standard InChI is InChI=1S/C19H24N6O2S/c1-3-24-11-21-23-14(24)8-9-20-17(26)16-12(2)15-18(28-16)22-13-7-5-4-6-10-25(13)19(15)27/h11H,3-10H2,1-2H3,(H,20,26). The summed E-state index contributed by atoms with van der Waals surface area (Å²) in [4.78, 5) is 31.7. The molecule has 0 radical (unpaired) electrons. The molecule has 1 N–H and O–H groups in total. The number of hydrogen-bond donors (Lipinski definition) is 1. The number of amides is 1. The SMILES string of the molecule is CCn1cnnc1CCNC(=O)c1sc2nc3n(c(=O)c2c1C)CCCCC3. The first-order valence-corrected chi connectivity index (χ1v) is 10.6. The highest BCUT2D eigenvalue weighted by molar-refractivity contribution is 7.20. The van der Waals surface area contributed by atoms with Gasteiger partial charge < -0.3 is 9.88 Å². The van der Waals surface area contributed by atoms with Gasteiger partial charge in [0, 0.05) is 32.5 Å². The van der Waals surface area contributed by atoms with Crippen molar-refractivity contribution >= 4 is 27.5 Å². The van der Waals surface area contributed by atoms with Crippen molar-refractivity contribution < 1.29 is 4.79 Å². The minimum absolute atomic E-state index is 0.00857. The van der Waals surface area contributed by atoms with Crippen LogP contribution in [0.5, 0.6) is 0 Å². The summed E-state index contributed by atoms with van der Waals surface area (Å²) in [5.41, 5.74) is 0.719. The van der Waals surface area contributed by atoms with E-state index in [1.165, 1.54) is 11.3 Å². The number of carbonyl (C=O) groups excluding carboxylic acids is 1. The van der Waals surface area contributed by atoms with E-state index in [2.05, 4.69) is 15.5 Å². The predicted octanol–water partition coefficient (Wildman–Crippen LogP) is 2.08. The molecule has 0 fully saturated rings. The molecule has 0 spiro atoms. The number of rotatable bonds is 5. The first-order chi connectivity index (χ1) is 13.6. The summed E-state index contributed by atoms with van der Waals surface area (Å²) in [7, 11) is 0. The minimum atomic E-state index is -0.164. The number of aromatic nitrogens is 5. The second-order valence-electron chi connectivity index (χ2n) is 7.07. The number of nitrogens with zero attached hydrogens (tertiary/aromatic N) is 5. The van der Waals surface area contributed by atoms with Crippen LogP contribution in [0, 0.1) is 6.92 Å². The molecule has 148 valence electrons. The molecule has 0 bridgehead atoms. The molecule has 3 aromatic rings. The van der Waals surface area contributed by atoms with Crippen molar-refractivity contribution in [1.82, 2.24) is 29.6 Å². The van der Waals surface area contributed by atoms with Gasteiger partial charge in [0.25, 0.3) is 11.5 Å². The molecule has 0 unspecified atom stereocenters. The van der Waals surface area contributed by atoms with Gasteiger partial charge in [0.05, 0.1) is 10.3 Å². The van der Waals surface area contributed by atoms with Crippen molar-refractivity contribution in [2.75, 3.05) is 6.54 Å². The van der Waals surface area contributed by atoms with E-state index in [4.69, 9.17) is 4.98 Å². The highest BCUT2D eigenvalue weighted by Gasteiger charge is 2.22. The maximum Gasteiger partial charge on any atom is 0.262 e. The Balaban J connectivity index is 1.57. The third-order valence-electron chi connectivity index (χ3n) is 5.29. The van der Waals surface area contributed by atoms with Gasteiger partial charge in [-0.05, 0) is 32.3 Å². The molecule has 4 heterocycles. The zero-order chi connectivity index (χ0) is 19.7. The van der Waals surface area contributed by atoms with Crippen LogP contribution in [-0.2, 0) is 25.9 Å². The highest BCUT2D eigenvalue weighted by Crippen LogP contribution is 2.28. The van der Waals surface area contributed by atoms with Gasteiger partial charge in [-0.15, -0.1) is 21.5 Å². The largest absolute Gasteiger partial charge is 0.351 e. The Morgan fingerprint density at radius 3 is 3.00 bits per heavy atom. The van der Waals surface area contributed by atoms with E-state index in [0.717, 1.165) is 49.4 Å². The molecule has 1 aliphatic rings. The Hall–Kier alpha value is -2.55. The first kappa shape index (κ1) is 18.8. The van der Waals surface area contributed by atoms with Crippen LogP contribution in [0.15, 0.2) is 11.1 Å². The van der Waals surface area contributed by atoms with Gasteiger partial charge >= 0.3 is 0 Å². The summed E-state index contributed by atoms with van der Waals surface area (Å²) >= 11 is 1.31. The Bertz CT molecular complexity index is 1080. The van der Waals surface area contributed by atoms with Gasteiger partial charge in [-0.3, -0.25) is 14.2 Å². The van der Waals surface area contributed by atoms with Crippen molar-refractivity contribution in [2.45, 2.75) is 59.0 Å². The van der Waals surface area contributed by atoms with Gasteiger partial charge in [0.2, 0.25) is 0 Å². The molecular weight excluding hydrogens is 376 g/mol. The molecular formula is C19H24N6O2S. The Morgan fingerprint density at radius 1 is 1.32 bits per heavy atom. The lowest BCUT2D eigenvalue weighted by Crippen LogP contribution is -2.26. The quantitative estimate of drug-likeness (QED) is 0.708. The van der Waals surface area contributed by atoms with Crippen LogP contribution in [0.2, 0.25) is 0 Å². The zero-order valence-corrected chi connectivity index (χ0v) is 17.0. The average Bonchev–Trinajstić information content (AvgIpc) is 3.18. The van der Waals surface area contributed by atoms with E-state index < -0.39 is 0 Å². The Labute approximate surface area is 166 Å². The van der Waals surface area contributed by atoms with Gasteiger partial charge in [0.15, 0.2) is 0 Å². The van der Waals surface area contributed by atoms with E-state index in [9.17, 15) is 9.59 Å². The molecule has 0 atom stereocenters. The number of nitrogens with one attached hydrogen (secondary N) is 1. The van der Waals surface area contributed by atoms with Crippen molar-refractivity contribution in [3.63, 3.8) is 0 Å². The molecule has 8 nitrogen and oxygen atoms in total. The van der Waals surface area contributed by atoms with E-state index >= 15 is 0 Å². The Morgan fingerprint density at radius 2 is 2.18 bits per heavy atom. The molecule has 0 saturated carbocycles. The van der Waals surface area contributed by atoms with E-state index in [1.807, 2.05) is 18.4 Å². The third-order valence-corrected chi connectivity index (χ3v) is 6.47. The van der Waals surface area contributed by atoms with Gasteiger partial charge in [-0.1, -0.05) is 6.42 Å². The lowest BCUT2D eigenvalue weighted by Gasteiger charge is -2.08. The fourth-order valence-electron chi connectivity index (χ4n) is 3.73. The van der Waals surface area contributed by atoms with Crippen molar-refractivity contribution in [3.8, 4) is 0 Å². The summed E-state index contributed by atoms with van der Waals surface area (Å²) in [5, 5.41) is 11.5. The monoisotopic (exact) mass is 400 g/mol. The molecule has 0 aromatic carbocycles. The van der Waals surface area contributed by atoms with E-state index in [1.54, 1.807) is 10.9 Å². The fourth-order valence-corrected chi connectivity index (χ4v) is 4.84. The highest BCUT2D eigenvalue weighted by atomic mass is 32.1. The normalized spacial score (nSPS) is 14.1. The Kier molecular flexibility index (Phi) is 5.25. The average molecular weight is 401 g/mol. The molecule has 0 saturated heterocycles. The second-order valence-corrected chi connectivity index (χ2v) is 8.07. The van der Waals surface area contributed by atoms with Gasteiger partial charge in [-0.25, -0.2) is 4.98 Å².